The van der Waals surface area contributed by atoms with Crippen LogP contribution in [0.4, 0.5) is 5.69 Å². The molecule has 0 bridgehead atoms. The molecule has 0 unspecified atom stereocenters. The van der Waals surface area contributed by atoms with E-state index in [0.717, 1.165) is 16.8 Å². The highest BCUT2D eigenvalue weighted by atomic mass is 32.2. The maximum atomic E-state index is 12.9. The molecular formula is C22H25N5O2S. The summed E-state index contributed by atoms with van der Waals surface area (Å²) in [6.07, 6.45) is 0.650. The molecule has 8 heteroatoms. The summed E-state index contributed by atoms with van der Waals surface area (Å²) in [7, 11) is 0. The molecule has 0 radical (unpaired) electrons. The molecule has 156 valence electrons. The van der Waals surface area contributed by atoms with Crippen molar-refractivity contribution < 1.29 is 9.59 Å². The van der Waals surface area contributed by atoms with Gasteiger partial charge in [-0.15, -0.1) is 10.2 Å². The van der Waals surface area contributed by atoms with Gasteiger partial charge in [-0.05, 0) is 25.5 Å². The topological polar surface area (TPSA) is 103 Å². The number of nitrogens with one attached hydrogen (secondary N) is 1. The average molecular weight is 424 g/mol. The monoisotopic (exact) mass is 423 g/mol. The standard InChI is InChI=1S/C22H25N5O2S/c1-3-27-20(14-13-19(23)28)25-26-22(27)30-15(2)21(29)24-18-12-8-7-11-17(18)16-9-5-4-6-10-16/h4-12,15H,3,13-14H2,1-2H3,(H2,23,28)(H,24,29)/t15-/m1/s1. The summed E-state index contributed by atoms with van der Waals surface area (Å²) in [4.78, 5) is 23.9. The minimum atomic E-state index is -0.382. The molecule has 1 aromatic heterocycles. The number of carbonyl (C=O) groups excluding carboxylic acids is 2. The van der Waals surface area contributed by atoms with Crippen LogP contribution in [0, 0.1) is 0 Å². The van der Waals surface area contributed by atoms with E-state index in [1.807, 2.05) is 73.0 Å². The number of thioether (sulfide) groups is 1. The van der Waals surface area contributed by atoms with Crippen molar-refractivity contribution in [3.8, 4) is 11.1 Å². The number of nitrogens with zero attached hydrogens (tertiary/aromatic N) is 3. The number of amides is 2. The van der Waals surface area contributed by atoms with Gasteiger partial charge < -0.3 is 15.6 Å². The van der Waals surface area contributed by atoms with Crippen LogP contribution in [0.25, 0.3) is 11.1 Å². The van der Waals surface area contributed by atoms with Gasteiger partial charge >= 0.3 is 0 Å². The van der Waals surface area contributed by atoms with Crippen LogP contribution in [0.15, 0.2) is 59.8 Å². The highest BCUT2D eigenvalue weighted by Crippen LogP contribution is 2.29. The third-order valence-corrected chi connectivity index (χ3v) is 5.71. The van der Waals surface area contributed by atoms with E-state index in [1.54, 1.807) is 0 Å². The third-order valence-electron chi connectivity index (χ3n) is 4.63. The first kappa shape index (κ1) is 21.6. The van der Waals surface area contributed by atoms with Crippen molar-refractivity contribution in [2.24, 2.45) is 5.73 Å². The summed E-state index contributed by atoms with van der Waals surface area (Å²) in [6, 6.07) is 17.7. The Hall–Kier alpha value is -3.13. The normalized spacial score (nSPS) is 11.8. The van der Waals surface area contributed by atoms with Crippen molar-refractivity contribution in [3.05, 3.63) is 60.4 Å². The van der Waals surface area contributed by atoms with Gasteiger partial charge in [0.05, 0.1) is 5.25 Å². The summed E-state index contributed by atoms with van der Waals surface area (Å²) in [6.45, 7) is 4.46. The largest absolute Gasteiger partial charge is 0.370 e. The van der Waals surface area contributed by atoms with Gasteiger partial charge in [-0.2, -0.15) is 0 Å². The lowest BCUT2D eigenvalue weighted by Gasteiger charge is -2.15. The first-order valence-electron chi connectivity index (χ1n) is 9.82. The molecule has 0 saturated carbocycles. The molecule has 0 aliphatic heterocycles. The smallest absolute Gasteiger partial charge is 0.237 e. The minimum Gasteiger partial charge on any atom is -0.370 e. The van der Waals surface area contributed by atoms with E-state index >= 15 is 0 Å². The maximum Gasteiger partial charge on any atom is 0.237 e. The Morgan fingerprint density at radius 3 is 2.50 bits per heavy atom. The Morgan fingerprint density at radius 1 is 1.10 bits per heavy atom. The van der Waals surface area contributed by atoms with E-state index in [-0.39, 0.29) is 23.5 Å². The van der Waals surface area contributed by atoms with Crippen LogP contribution in [0.2, 0.25) is 0 Å². The first-order chi connectivity index (χ1) is 14.5. The van der Waals surface area contributed by atoms with Crippen LogP contribution < -0.4 is 11.1 Å². The number of hydrogen-bond acceptors (Lipinski definition) is 5. The van der Waals surface area contributed by atoms with Crippen LogP contribution in [-0.4, -0.2) is 31.8 Å². The lowest BCUT2D eigenvalue weighted by molar-refractivity contribution is -0.118. The SMILES string of the molecule is CCn1c(CCC(N)=O)nnc1S[C@H](C)C(=O)Nc1ccccc1-c1ccccc1. The van der Waals surface area contributed by atoms with E-state index in [1.165, 1.54) is 11.8 Å². The van der Waals surface area contributed by atoms with Crippen LogP contribution in [0.5, 0.6) is 0 Å². The number of primary amides is 1. The summed E-state index contributed by atoms with van der Waals surface area (Å²) < 4.78 is 1.91. The number of benzene rings is 2. The van der Waals surface area contributed by atoms with E-state index in [9.17, 15) is 9.59 Å². The van der Waals surface area contributed by atoms with Gasteiger partial charge in [0, 0.05) is 30.6 Å². The molecule has 0 spiro atoms. The molecule has 3 aromatic rings. The molecule has 2 aromatic carbocycles. The highest BCUT2D eigenvalue weighted by Gasteiger charge is 2.21. The summed E-state index contributed by atoms with van der Waals surface area (Å²) >= 11 is 1.34. The molecule has 0 aliphatic carbocycles. The van der Waals surface area contributed by atoms with E-state index in [4.69, 9.17) is 5.73 Å². The second-order valence-electron chi connectivity index (χ2n) is 6.77. The zero-order valence-corrected chi connectivity index (χ0v) is 17.9. The summed E-state index contributed by atoms with van der Waals surface area (Å²) in [5.74, 6) is 0.202. The molecule has 2 amide bonds. The Labute approximate surface area is 180 Å². The number of carbonyl (C=O) groups is 2. The summed E-state index contributed by atoms with van der Waals surface area (Å²) in [5, 5.41) is 11.7. The van der Waals surface area contributed by atoms with Crippen LogP contribution in [-0.2, 0) is 22.6 Å². The van der Waals surface area contributed by atoms with E-state index < -0.39 is 0 Å². The zero-order chi connectivity index (χ0) is 21.5. The van der Waals surface area contributed by atoms with Crippen molar-refractivity contribution in [2.45, 2.75) is 43.6 Å². The molecule has 1 heterocycles. The van der Waals surface area contributed by atoms with Crippen LogP contribution in [0.3, 0.4) is 0 Å². The third kappa shape index (κ3) is 5.27. The maximum absolute atomic E-state index is 12.9. The van der Waals surface area contributed by atoms with Crippen molar-refractivity contribution in [2.75, 3.05) is 5.32 Å². The fraction of sp³-hybridized carbons (Fsp3) is 0.273. The zero-order valence-electron chi connectivity index (χ0n) is 17.0. The van der Waals surface area contributed by atoms with E-state index in [0.29, 0.717) is 23.9 Å². The second-order valence-corrected chi connectivity index (χ2v) is 8.08. The predicted octanol–water partition coefficient (Wildman–Crippen LogP) is 3.50. The van der Waals surface area contributed by atoms with E-state index in [2.05, 4.69) is 15.5 Å². The van der Waals surface area contributed by atoms with Crippen LogP contribution in [0.1, 0.15) is 26.1 Å². The quantitative estimate of drug-likeness (QED) is 0.513. The number of nitrogens with two attached hydrogens (primary N) is 1. The fourth-order valence-electron chi connectivity index (χ4n) is 3.05. The highest BCUT2D eigenvalue weighted by molar-refractivity contribution is 8.00. The number of aromatic nitrogens is 3. The molecule has 7 nitrogen and oxygen atoms in total. The average Bonchev–Trinajstić information content (AvgIpc) is 3.14. The molecule has 0 saturated heterocycles. The lowest BCUT2D eigenvalue weighted by atomic mass is 10.0. The molecule has 1 atom stereocenters. The summed E-state index contributed by atoms with van der Waals surface area (Å²) in [5.41, 5.74) is 8.00. The van der Waals surface area contributed by atoms with Gasteiger partial charge in [0.2, 0.25) is 11.8 Å². The van der Waals surface area contributed by atoms with Gasteiger partial charge in [0.1, 0.15) is 5.82 Å². The Balaban J connectivity index is 1.72. The number of rotatable bonds is 9. The number of anilines is 1. The van der Waals surface area contributed by atoms with Gasteiger partial charge in [-0.3, -0.25) is 9.59 Å². The Bertz CT molecular complexity index is 1020. The van der Waals surface area contributed by atoms with Crippen LogP contribution >= 0.6 is 11.8 Å². The lowest BCUT2D eigenvalue weighted by Crippen LogP contribution is -2.23. The number of hydrogen-bond donors (Lipinski definition) is 2. The van der Waals surface area contributed by atoms with Crippen molar-refractivity contribution >= 4 is 29.3 Å². The molecule has 3 N–H and O–H groups in total. The van der Waals surface area contributed by atoms with Gasteiger partial charge in [-0.1, -0.05) is 60.3 Å². The molecular weight excluding hydrogens is 398 g/mol. The molecule has 30 heavy (non-hydrogen) atoms. The molecule has 0 aliphatic rings. The second kappa shape index (κ2) is 10.1. The van der Waals surface area contributed by atoms with Crippen molar-refractivity contribution in [1.82, 2.24) is 14.8 Å². The van der Waals surface area contributed by atoms with Crippen molar-refractivity contribution in [1.29, 1.82) is 0 Å². The van der Waals surface area contributed by atoms with Gasteiger partial charge in [0.25, 0.3) is 0 Å². The number of para-hydroxylation sites is 1. The Morgan fingerprint density at radius 2 is 1.80 bits per heavy atom. The first-order valence-corrected chi connectivity index (χ1v) is 10.7. The number of aryl methyl sites for hydroxylation is 1. The molecule has 3 rings (SSSR count). The van der Waals surface area contributed by atoms with Crippen molar-refractivity contribution in [3.63, 3.8) is 0 Å². The predicted molar refractivity (Wildman–Crippen MR) is 119 cm³/mol. The molecule has 0 fully saturated rings. The minimum absolute atomic E-state index is 0.118. The van der Waals surface area contributed by atoms with Gasteiger partial charge in [0.15, 0.2) is 5.16 Å². The van der Waals surface area contributed by atoms with Gasteiger partial charge in [-0.25, -0.2) is 0 Å². The fourth-order valence-corrected chi connectivity index (χ4v) is 3.98. The Kier molecular flexibility index (Phi) is 7.24.